The lowest BCUT2D eigenvalue weighted by Crippen LogP contribution is -2.12. The third-order valence-corrected chi connectivity index (χ3v) is 3.98. The van der Waals surface area contributed by atoms with E-state index in [1.54, 1.807) is 6.92 Å². The van der Waals surface area contributed by atoms with Crippen LogP contribution in [0.4, 0.5) is 17.2 Å². The van der Waals surface area contributed by atoms with Gasteiger partial charge in [0.15, 0.2) is 17.2 Å². The SMILES string of the molecule is [C-]#[N+]c1cnn(-c2nc(O)nc(O)n2)c1/N=N/c1c(C(C)(C)C)nn2nc(C)[nH]c12. The Morgan fingerprint density at radius 1 is 1.10 bits per heavy atom. The molecule has 0 saturated carbocycles. The van der Waals surface area contributed by atoms with Gasteiger partial charge in [-0.2, -0.15) is 24.8 Å². The number of nitrogens with zero attached hydrogens (tertiary/aromatic N) is 11. The zero-order chi connectivity index (χ0) is 21.6. The van der Waals surface area contributed by atoms with Crippen LogP contribution in [0.5, 0.6) is 12.0 Å². The molecule has 0 radical (unpaired) electrons. The van der Waals surface area contributed by atoms with Gasteiger partial charge in [-0.25, -0.2) is 4.85 Å². The topological polar surface area (TPSA) is 172 Å². The number of fused-ring (bicyclic) bond motifs is 1. The summed E-state index contributed by atoms with van der Waals surface area (Å²) in [5.41, 5.74) is 1.36. The van der Waals surface area contributed by atoms with Gasteiger partial charge in [0.05, 0.1) is 18.5 Å². The van der Waals surface area contributed by atoms with Crippen molar-refractivity contribution in [3.8, 4) is 18.0 Å². The number of azo groups is 1. The van der Waals surface area contributed by atoms with E-state index in [0.29, 0.717) is 22.9 Å². The van der Waals surface area contributed by atoms with E-state index in [2.05, 4.69) is 50.3 Å². The molecular weight excluding hydrogens is 392 g/mol. The minimum absolute atomic E-state index is 0.00504. The fraction of sp³-hybridized carbons (Fsp3) is 0.312. The van der Waals surface area contributed by atoms with Crippen LogP contribution in [-0.2, 0) is 5.41 Å². The molecule has 4 aromatic heterocycles. The van der Waals surface area contributed by atoms with E-state index in [9.17, 15) is 10.2 Å². The lowest BCUT2D eigenvalue weighted by Gasteiger charge is -2.15. The molecule has 3 N–H and O–H groups in total. The van der Waals surface area contributed by atoms with Gasteiger partial charge < -0.3 is 15.2 Å². The predicted molar refractivity (Wildman–Crippen MR) is 101 cm³/mol. The Bertz CT molecular complexity index is 1310. The summed E-state index contributed by atoms with van der Waals surface area (Å²) in [5, 5.41) is 40.4. The molecule has 0 bridgehead atoms. The molecule has 0 atom stereocenters. The molecule has 14 heteroatoms. The van der Waals surface area contributed by atoms with Gasteiger partial charge in [0.1, 0.15) is 5.82 Å². The maximum absolute atomic E-state index is 9.54. The number of aromatic hydroxyl groups is 2. The maximum Gasteiger partial charge on any atom is 0.321 e. The molecule has 0 aliphatic carbocycles. The van der Waals surface area contributed by atoms with Crippen molar-refractivity contribution in [3.05, 3.63) is 29.1 Å². The molecule has 0 saturated heterocycles. The van der Waals surface area contributed by atoms with Crippen LogP contribution in [0.1, 0.15) is 32.3 Å². The van der Waals surface area contributed by atoms with Crippen LogP contribution in [0.25, 0.3) is 16.4 Å². The smallest absolute Gasteiger partial charge is 0.321 e. The Balaban J connectivity index is 1.88. The second-order valence-electron chi connectivity index (χ2n) is 7.31. The first-order valence-electron chi connectivity index (χ1n) is 8.65. The van der Waals surface area contributed by atoms with Gasteiger partial charge in [-0.3, -0.25) is 0 Å². The summed E-state index contributed by atoms with van der Waals surface area (Å²) in [7, 11) is 0. The molecule has 4 rings (SSSR count). The van der Waals surface area contributed by atoms with Crippen molar-refractivity contribution in [2.75, 3.05) is 0 Å². The number of rotatable bonds is 3. The molecule has 152 valence electrons. The van der Waals surface area contributed by atoms with Crippen LogP contribution in [0.3, 0.4) is 0 Å². The van der Waals surface area contributed by atoms with Crippen molar-refractivity contribution in [3.63, 3.8) is 0 Å². The first-order valence-corrected chi connectivity index (χ1v) is 8.65. The van der Waals surface area contributed by atoms with Crippen LogP contribution in [0.2, 0.25) is 0 Å². The van der Waals surface area contributed by atoms with E-state index in [4.69, 9.17) is 6.57 Å². The fourth-order valence-corrected chi connectivity index (χ4v) is 2.71. The molecule has 0 aliphatic heterocycles. The van der Waals surface area contributed by atoms with Crippen LogP contribution >= 0.6 is 0 Å². The van der Waals surface area contributed by atoms with Gasteiger partial charge >= 0.3 is 12.0 Å². The third-order valence-electron chi connectivity index (χ3n) is 3.98. The van der Waals surface area contributed by atoms with E-state index < -0.39 is 12.0 Å². The summed E-state index contributed by atoms with van der Waals surface area (Å²) in [6.07, 6.45) is 1.25. The minimum Gasteiger partial charge on any atom is -0.479 e. The van der Waals surface area contributed by atoms with Crippen molar-refractivity contribution in [2.45, 2.75) is 33.1 Å². The normalized spacial score (nSPS) is 12.1. The standard InChI is InChI=1S/C16H16N12O2/c1-7-19-12-9(10(16(2,3)4)26-28(12)25-7)23-24-11-8(17-5)6-18-27(11)13-20-14(29)22-15(30)21-13/h6H,1-4H3,(H,19,25)(H2,20,21,22,29,30)/b24-23+. The number of aromatic amines is 1. The van der Waals surface area contributed by atoms with Crippen molar-refractivity contribution in [1.29, 1.82) is 0 Å². The first kappa shape index (κ1) is 18.9. The van der Waals surface area contributed by atoms with E-state index >= 15 is 0 Å². The fourth-order valence-electron chi connectivity index (χ4n) is 2.71. The monoisotopic (exact) mass is 408 g/mol. The minimum atomic E-state index is -0.707. The Labute approximate surface area is 168 Å². The van der Waals surface area contributed by atoms with Gasteiger partial charge in [-0.05, 0) is 6.92 Å². The molecule has 0 aliphatic rings. The van der Waals surface area contributed by atoms with Gasteiger partial charge in [-0.15, -0.1) is 24.9 Å². The van der Waals surface area contributed by atoms with Crippen LogP contribution in [0, 0.1) is 13.5 Å². The molecular formula is C16H16N12O2. The highest BCUT2D eigenvalue weighted by atomic mass is 16.3. The third kappa shape index (κ3) is 3.17. The average Bonchev–Trinajstić information content (AvgIpc) is 3.30. The van der Waals surface area contributed by atoms with Gasteiger partial charge in [0, 0.05) is 5.41 Å². The lowest BCUT2D eigenvalue weighted by atomic mass is 9.91. The molecule has 0 unspecified atom stereocenters. The lowest BCUT2D eigenvalue weighted by molar-refractivity contribution is 0.379. The Morgan fingerprint density at radius 2 is 1.80 bits per heavy atom. The molecule has 14 nitrogen and oxygen atoms in total. The van der Waals surface area contributed by atoms with Crippen molar-refractivity contribution >= 4 is 22.8 Å². The number of aryl methyl sites for hydroxylation is 1. The van der Waals surface area contributed by atoms with Crippen molar-refractivity contribution in [1.82, 2.24) is 44.5 Å². The number of nitrogens with one attached hydrogen (secondary N) is 1. The summed E-state index contributed by atoms with van der Waals surface area (Å²) >= 11 is 0. The number of hydrogen-bond donors (Lipinski definition) is 3. The molecule has 0 fully saturated rings. The summed E-state index contributed by atoms with van der Waals surface area (Å²) in [5.74, 6) is 0.431. The molecule has 4 heterocycles. The predicted octanol–water partition coefficient (Wildman–Crippen LogP) is 2.41. The highest BCUT2D eigenvalue weighted by Crippen LogP contribution is 2.36. The molecule has 0 aromatic carbocycles. The highest BCUT2D eigenvalue weighted by Gasteiger charge is 2.26. The van der Waals surface area contributed by atoms with Crippen molar-refractivity contribution in [2.24, 2.45) is 10.2 Å². The van der Waals surface area contributed by atoms with E-state index in [0.717, 1.165) is 4.68 Å². The Morgan fingerprint density at radius 3 is 2.43 bits per heavy atom. The zero-order valence-corrected chi connectivity index (χ0v) is 16.4. The van der Waals surface area contributed by atoms with E-state index in [1.165, 1.54) is 10.8 Å². The highest BCUT2D eigenvalue weighted by molar-refractivity contribution is 5.69. The quantitative estimate of drug-likeness (QED) is 0.342. The molecule has 0 spiro atoms. The van der Waals surface area contributed by atoms with Gasteiger partial charge in [0.2, 0.25) is 0 Å². The average molecular weight is 408 g/mol. The van der Waals surface area contributed by atoms with Gasteiger partial charge in [-0.1, -0.05) is 20.8 Å². The maximum atomic E-state index is 9.54. The summed E-state index contributed by atoms with van der Waals surface area (Å²) in [6, 6.07) is -1.41. The van der Waals surface area contributed by atoms with Gasteiger partial charge in [0.25, 0.3) is 11.6 Å². The number of hydrogen-bond acceptors (Lipinski definition) is 10. The Hall–Kier alpha value is -4.41. The number of H-pyrrole nitrogens is 1. The summed E-state index contributed by atoms with van der Waals surface area (Å²) in [4.78, 5) is 17.2. The van der Waals surface area contributed by atoms with E-state index in [-0.39, 0.29) is 22.9 Å². The largest absolute Gasteiger partial charge is 0.479 e. The Kier molecular flexibility index (Phi) is 4.15. The molecule has 4 aromatic rings. The summed E-state index contributed by atoms with van der Waals surface area (Å²) in [6.45, 7) is 15.1. The second-order valence-corrected chi connectivity index (χ2v) is 7.31. The zero-order valence-electron chi connectivity index (χ0n) is 16.4. The molecule has 30 heavy (non-hydrogen) atoms. The van der Waals surface area contributed by atoms with Crippen LogP contribution < -0.4 is 0 Å². The second kappa shape index (κ2) is 6.58. The van der Waals surface area contributed by atoms with E-state index in [1.807, 2.05) is 20.8 Å². The molecule has 0 amide bonds. The summed E-state index contributed by atoms with van der Waals surface area (Å²) < 4.78 is 2.51. The van der Waals surface area contributed by atoms with Crippen LogP contribution in [0.15, 0.2) is 16.4 Å². The number of aromatic nitrogens is 9. The first-order chi connectivity index (χ1) is 14.2. The van der Waals surface area contributed by atoms with Crippen LogP contribution in [-0.4, -0.2) is 54.8 Å². The van der Waals surface area contributed by atoms with Crippen molar-refractivity contribution < 1.29 is 10.2 Å².